The molecule has 1 aliphatic rings. The van der Waals surface area contributed by atoms with Gasteiger partial charge < -0.3 is 0 Å². The molecule has 0 N–H and O–H groups in total. The number of aromatic nitrogens is 1. The molecule has 2 aromatic heterocycles. The first-order chi connectivity index (χ1) is 10.2. The lowest BCUT2D eigenvalue weighted by atomic mass is 9.93. The van der Waals surface area contributed by atoms with Gasteiger partial charge in [-0.05, 0) is 48.3 Å². The van der Waals surface area contributed by atoms with Gasteiger partial charge in [-0.15, -0.1) is 11.3 Å². The smallest absolute Gasteiger partial charge is 0.252 e. The molecule has 3 heterocycles. The zero-order valence-corrected chi connectivity index (χ0v) is 13.3. The zero-order chi connectivity index (χ0) is 14.7. The molecule has 0 saturated carbocycles. The zero-order valence-electron chi connectivity index (χ0n) is 11.7. The first-order valence-electron chi connectivity index (χ1n) is 7.09. The Labute approximate surface area is 129 Å². The summed E-state index contributed by atoms with van der Waals surface area (Å²) in [5.74, 6) is 0.373. The molecule has 6 heteroatoms. The maximum atomic E-state index is 12.6. The third kappa shape index (κ3) is 3.33. The van der Waals surface area contributed by atoms with Gasteiger partial charge in [-0.2, -0.15) is 4.31 Å². The fraction of sp³-hybridized carbons (Fsp3) is 0.400. The third-order valence-electron chi connectivity index (χ3n) is 3.82. The average Bonchev–Trinajstić information content (AvgIpc) is 3.04. The van der Waals surface area contributed by atoms with Crippen LogP contribution in [0.4, 0.5) is 0 Å². The molecular weight excluding hydrogens is 304 g/mol. The van der Waals surface area contributed by atoms with Crippen LogP contribution in [0.15, 0.2) is 46.2 Å². The SMILES string of the molecule is O=S(=O)(c1cccs1)N1CCC[C@@H](Cc2cccnc2)C1. The highest BCUT2D eigenvalue weighted by atomic mass is 32.2. The molecule has 0 amide bonds. The second-order valence-electron chi connectivity index (χ2n) is 5.37. The molecule has 1 atom stereocenters. The molecular formula is C15H18N2O2S2. The van der Waals surface area contributed by atoms with E-state index in [1.54, 1.807) is 22.6 Å². The monoisotopic (exact) mass is 322 g/mol. The molecule has 0 aliphatic carbocycles. The molecule has 3 rings (SSSR count). The Bertz CT molecular complexity index is 669. The molecule has 1 aliphatic heterocycles. The van der Waals surface area contributed by atoms with E-state index in [1.807, 2.05) is 17.6 Å². The van der Waals surface area contributed by atoms with Crippen LogP contribution in [0.3, 0.4) is 0 Å². The van der Waals surface area contributed by atoms with Gasteiger partial charge in [0.05, 0.1) is 0 Å². The lowest BCUT2D eigenvalue weighted by molar-refractivity contribution is 0.265. The van der Waals surface area contributed by atoms with Gasteiger partial charge in [0.15, 0.2) is 0 Å². The fourth-order valence-corrected chi connectivity index (χ4v) is 5.50. The molecule has 0 spiro atoms. The molecule has 4 nitrogen and oxygen atoms in total. The highest BCUT2D eigenvalue weighted by Crippen LogP contribution is 2.27. The Morgan fingerprint density at radius 3 is 2.95 bits per heavy atom. The molecule has 1 fully saturated rings. The van der Waals surface area contributed by atoms with Crippen LogP contribution in [0.5, 0.6) is 0 Å². The van der Waals surface area contributed by atoms with Crippen molar-refractivity contribution >= 4 is 21.4 Å². The van der Waals surface area contributed by atoms with Crippen LogP contribution in [-0.4, -0.2) is 30.8 Å². The lowest BCUT2D eigenvalue weighted by Gasteiger charge is -2.31. The van der Waals surface area contributed by atoms with E-state index in [9.17, 15) is 8.42 Å². The summed E-state index contributed by atoms with van der Waals surface area (Å²) in [4.78, 5) is 4.13. The average molecular weight is 322 g/mol. The van der Waals surface area contributed by atoms with Crippen LogP contribution < -0.4 is 0 Å². The number of thiophene rings is 1. The Morgan fingerprint density at radius 1 is 1.33 bits per heavy atom. The van der Waals surface area contributed by atoms with Crippen molar-refractivity contribution in [1.82, 2.24) is 9.29 Å². The fourth-order valence-electron chi connectivity index (χ4n) is 2.80. The van der Waals surface area contributed by atoms with E-state index in [2.05, 4.69) is 11.1 Å². The summed E-state index contributed by atoms with van der Waals surface area (Å²) in [6, 6.07) is 7.46. The van der Waals surface area contributed by atoms with Crippen LogP contribution in [0.2, 0.25) is 0 Å². The van der Waals surface area contributed by atoms with Gasteiger partial charge in [-0.25, -0.2) is 8.42 Å². The Kier molecular flexibility index (Phi) is 4.37. The Hall–Kier alpha value is -1.24. The predicted molar refractivity (Wildman–Crippen MR) is 83.7 cm³/mol. The van der Waals surface area contributed by atoms with Gasteiger partial charge in [-0.3, -0.25) is 4.98 Å². The number of pyridine rings is 1. The van der Waals surface area contributed by atoms with E-state index >= 15 is 0 Å². The number of hydrogen-bond acceptors (Lipinski definition) is 4. The molecule has 2 aromatic rings. The third-order valence-corrected chi connectivity index (χ3v) is 7.06. The minimum atomic E-state index is -3.31. The summed E-state index contributed by atoms with van der Waals surface area (Å²) in [6.07, 6.45) is 6.52. The number of hydrogen-bond donors (Lipinski definition) is 0. The summed E-state index contributed by atoms with van der Waals surface area (Å²) in [5, 5.41) is 1.81. The molecule has 1 saturated heterocycles. The summed E-state index contributed by atoms with van der Waals surface area (Å²) in [6.45, 7) is 1.24. The van der Waals surface area contributed by atoms with Gasteiger partial charge in [-0.1, -0.05) is 12.1 Å². The van der Waals surface area contributed by atoms with Crippen molar-refractivity contribution in [2.24, 2.45) is 5.92 Å². The summed E-state index contributed by atoms with van der Waals surface area (Å²) < 4.78 is 27.2. The first kappa shape index (κ1) is 14.7. The highest BCUT2D eigenvalue weighted by molar-refractivity contribution is 7.91. The first-order valence-corrected chi connectivity index (χ1v) is 9.41. The minimum absolute atomic E-state index is 0.373. The van der Waals surface area contributed by atoms with E-state index in [1.165, 1.54) is 16.9 Å². The Morgan fingerprint density at radius 2 is 2.24 bits per heavy atom. The van der Waals surface area contributed by atoms with Crippen molar-refractivity contribution in [3.8, 4) is 0 Å². The maximum absolute atomic E-state index is 12.6. The number of sulfonamides is 1. The second-order valence-corrected chi connectivity index (χ2v) is 8.48. The number of piperidine rings is 1. The normalized spacial score (nSPS) is 20.5. The van der Waals surface area contributed by atoms with Crippen LogP contribution >= 0.6 is 11.3 Å². The molecule has 0 bridgehead atoms. The molecule has 0 radical (unpaired) electrons. The van der Waals surface area contributed by atoms with Crippen LogP contribution in [0.1, 0.15) is 18.4 Å². The van der Waals surface area contributed by atoms with Crippen molar-refractivity contribution in [3.05, 3.63) is 47.6 Å². The van der Waals surface area contributed by atoms with E-state index in [4.69, 9.17) is 0 Å². The summed E-state index contributed by atoms with van der Waals surface area (Å²) in [5.41, 5.74) is 1.18. The minimum Gasteiger partial charge on any atom is -0.264 e. The predicted octanol–water partition coefficient (Wildman–Crippen LogP) is 2.79. The number of nitrogens with zero attached hydrogens (tertiary/aromatic N) is 2. The van der Waals surface area contributed by atoms with Crippen molar-refractivity contribution in [2.75, 3.05) is 13.1 Å². The molecule has 112 valence electrons. The molecule has 0 aromatic carbocycles. The van der Waals surface area contributed by atoms with Crippen LogP contribution in [0.25, 0.3) is 0 Å². The topological polar surface area (TPSA) is 50.3 Å². The standard InChI is InChI=1S/C15H18N2O2S2/c18-21(19,15-6-3-9-20-15)17-8-2-5-14(12-17)10-13-4-1-7-16-11-13/h1,3-4,6-7,9,11,14H,2,5,8,10,12H2/t14-/m0/s1. The van der Waals surface area contributed by atoms with Crippen molar-refractivity contribution < 1.29 is 8.42 Å². The van der Waals surface area contributed by atoms with Gasteiger partial charge >= 0.3 is 0 Å². The quantitative estimate of drug-likeness (QED) is 0.870. The molecule has 0 unspecified atom stereocenters. The van der Waals surface area contributed by atoms with Gasteiger partial charge in [0, 0.05) is 25.5 Å². The van der Waals surface area contributed by atoms with E-state index in [0.29, 0.717) is 23.2 Å². The van der Waals surface area contributed by atoms with Gasteiger partial charge in [0.25, 0.3) is 10.0 Å². The van der Waals surface area contributed by atoms with Crippen LogP contribution in [0, 0.1) is 5.92 Å². The highest BCUT2D eigenvalue weighted by Gasteiger charge is 2.30. The lowest BCUT2D eigenvalue weighted by Crippen LogP contribution is -2.40. The van der Waals surface area contributed by atoms with Gasteiger partial charge in [0.1, 0.15) is 4.21 Å². The summed E-state index contributed by atoms with van der Waals surface area (Å²) >= 11 is 1.29. The largest absolute Gasteiger partial charge is 0.264 e. The summed E-state index contributed by atoms with van der Waals surface area (Å²) in [7, 11) is -3.31. The second kappa shape index (κ2) is 6.25. The van der Waals surface area contributed by atoms with Crippen molar-refractivity contribution in [2.45, 2.75) is 23.5 Å². The maximum Gasteiger partial charge on any atom is 0.252 e. The van der Waals surface area contributed by atoms with Crippen LogP contribution in [-0.2, 0) is 16.4 Å². The van der Waals surface area contributed by atoms with Crippen molar-refractivity contribution in [3.63, 3.8) is 0 Å². The van der Waals surface area contributed by atoms with Crippen molar-refractivity contribution in [1.29, 1.82) is 0 Å². The van der Waals surface area contributed by atoms with Gasteiger partial charge in [0.2, 0.25) is 0 Å². The van der Waals surface area contributed by atoms with E-state index in [0.717, 1.165) is 19.3 Å². The molecule has 21 heavy (non-hydrogen) atoms. The Balaban J connectivity index is 1.71. The van der Waals surface area contributed by atoms with E-state index in [-0.39, 0.29) is 0 Å². The number of rotatable bonds is 4. The van der Waals surface area contributed by atoms with E-state index < -0.39 is 10.0 Å².